The Morgan fingerprint density at radius 1 is 0.500 bits per heavy atom. The molecular formula is C88H90BrCl3F3N17O2Si2. The lowest BCUT2D eigenvalue weighted by atomic mass is 9.99. The third-order valence-electron chi connectivity index (χ3n) is 20.6. The van der Waals surface area contributed by atoms with Gasteiger partial charge in [0.05, 0.1) is 56.3 Å². The van der Waals surface area contributed by atoms with E-state index >= 15 is 0 Å². The molecule has 0 radical (unpaired) electrons. The van der Waals surface area contributed by atoms with Gasteiger partial charge in [-0.15, -0.1) is 22.6 Å². The van der Waals surface area contributed by atoms with Gasteiger partial charge in [0.2, 0.25) is 0 Å². The fraction of sp³-hybridized carbons (Fsp3) is 0.284. The van der Waals surface area contributed by atoms with Crippen molar-refractivity contribution in [3.63, 3.8) is 0 Å². The van der Waals surface area contributed by atoms with Crippen LogP contribution in [0.25, 0.3) is 122 Å². The summed E-state index contributed by atoms with van der Waals surface area (Å²) < 4.78 is 56.9. The van der Waals surface area contributed by atoms with E-state index in [1.54, 1.807) is 74.0 Å². The molecule has 0 unspecified atom stereocenters. The second-order valence-corrected chi connectivity index (χ2v) is 39.4. The van der Waals surface area contributed by atoms with Crippen molar-refractivity contribution in [3.05, 3.63) is 242 Å². The third-order valence-corrected chi connectivity index (χ3v) is 31.1. The minimum atomic E-state index is -1.57. The Morgan fingerprint density at radius 2 is 0.914 bits per heavy atom. The molecule has 15 rings (SSSR count). The Balaban J connectivity index is 0.000000165. The van der Waals surface area contributed by atoms with E-state index in [1.165, 1.54) is 54.5 Å². The lowest BCUT2D eigenvalue weighted by Crippen LogP contribution is -2.38. The predicted octanol–water partition coefficient (Wildman–Crippen LogP) is 22.1. The molecule has 2 aliphatic rings. The average Bonchev–Trinajstić information content (AvgIpc) is 1.02. The quantitative estimate of drug-likeness (QED) is 0.0241. The normalized spacial score (nSPS) is 12.8. The van der Waals surface area contributed by atoms with E-state index in [4.69, 9.17) is 56.2 Å². The van der Waals surface area contributed by atoms with Crippen LogP contribution in [0.4, 0.5) is 13.2 Å². The smallest absolute Gasteiger partial charge is 0.160 e. The minimum absolute atomic E-state index is 0. The van der Waals surface area contributed by atoms with Gasteiger partial charge in [-0.3, -0.25) is 29.4 Å². The lowest BCUT2D eigenvalue weighted by Gasteiger charge is -2.26. The number of halogens is 7. The Kier molecular flexibility index (Phi) is 32.8. The summed E-state index contributed by atoms with van der Waals surface area (Å²) in [5.41, 5.74) is 26.3. The molecule has 596 valence electrons. The number of azide groups is 1. The van der Waals surface area contributed by atoms with Crippen molar-refractivity contribution in [2.45, 2.75) is 91.8 Å². The van der Waals surface area contributed by atoms with Crippen molar-refractivity contribution < 1.29 is 22.6 Å². The summed E-state index contributed by atoms with van der Waals surface area (Å²) in [6.07, 6.45) is 23.0. The molecule has 0 atom stereocenters. The first-order valence-electron chi connectivity index (χ1n) is 38.1. The molecule has 28 heteroatoms. The van der Waals surface area contributed by atoms with Gasteiger partial charge in [0.15, 0.2) is 16.9 Å². The van der Waals surface area contributed by atoms with Crippen molar-refractivity contribution in [3.8, 4) is 102 Å². The number of benzene rings is 3. The number of hydrogen-bond donors (Lipinski definition) is 0. The zero-order chi connectivity index (χ0) is 81.3. The largest absolute Gasteiger partial charge is 0.379 e. The van der Waals surface area contributed by atoms with E-state index in [1.807, 2.05) is 83.7 Å². The molecule has 0 saturated carbocycles. The highest BCUT2D eigenvalue weighted by molar-refractivity contribution is 9.10. The van der Waals surface area contributed by atoms with E-state index in [9.17, 15) is 13.2 Å². The van der Waals surface area contributed by atoms with Crippen LogP contribution in [0.15, 0.2) is 199 Å². The molecule has 12 heterocycles. The molecule has 0 amide bonds. The Bertz CT molecular complexity index is 5660. The van der Waals surface area contributed by atoms with Gasteiger partial charge in [0, 0.05) is 187 Å². The van der Waals surface area contributed by atoms with Crippen molar-refractivity contribution in [2.24, 2.45) is 5.11 Å². The highest BCUT2D eigenvalue weighted by Gasteiger charge is 2.26. The van der Waals surface area contributed by atoms with Crippen LogP contribution in [-0.4, -0.2) is 158 Å². The molecule has 10 aromatic heterocycles. The summed E-state index contributed by atoms with van der Waals surface area (Å²) in [4.78, 5) is 47.3. The number of hydrogen-bond acceptors (Lipinski definition) is 16. The van der Waals surface area contributed by atoms with Crippen LogP contribution in [0.1, 0.15) is 54.5 Å². The first kappa shape index (κ1) is 88.1. The first-order valence-corrected chi connectivity index (χ1v) is 45.3. The van der Waals surface area contributed by atoms with Gasteiger partial charge in [0.1, 0.15) is 39.3 Å². The maximum atomic E-state index is 14.7. The van der Waals surface area contributed by atoms with E-state index in [0.717, 1.165) is 161 Å². The Hall–Kier alpha value is -10.2. The van der Waals surface area contributed by atoms with E-state index in [2.05, 4.69) is 149 Å². The third kappa shape index (κ3) is 23.1. The van der Waals surface area contributed by atoms with Gasteiger partial charge in [-0.05, 0) is 202 Å². The van der Waals surface area contributed by atoms with Gasteiger partial charge in [0.25, 0.3) is 0 Å². The van der Waals surface area contributed by atoms with Crippen molar-refractivity contribution >= 4 is 100.0 Å². The average molecular weight is 1720 g/mol. The summed E-state index contributed by atoms with van der Waals surface area (Å²) in [5, 5.41) is 16.1. The van der Waals surface area contributed by atoms with E-state index in [-0.39, 0.29) is 19.1 Å². The molecule has 2 saturated heterocycles. The number of fused-ring (bicyclic) bond motifs is 3. The zero-order valence-electron chi connectivity index (χ0n) is 64.8. The van der Waals surface area contributed by atoms with Gasteiger partial charge < -0.3 is 9.47 Å². The molecule has 3 aromatic carbocycles. The van der Waals surface area contributed by atoms with Gasteiger partial charge in [-0.1, -0.05) is 100 Å². The summed E-state index contributed by atoms with van der Waals surface area (Å²) in [7, 11) is -2.73. The Morgan fingerprint density at radius 3 is 1.34 bits per heavy atom. The van der Waals surface area contributed by atoms with Gasteiger partial charge >= 0.3 is 0 Å². The minimum Gasteiger partial charge on any atom is -0.379 e. The molecule has 13 aromatic rings. The molecule has 0 N–H and O–H groups in total. The molecule has 0 aliphatic carbocycles. The summed E-state index contributed by atoms with van der Waals surface area (Å²) in [6.45, 7) is 23.4. The van der Waals surface area contributed by atoms with Crippen molar-refractivity contribution in [2.75, 3.05) is 72.2 Å². The molecule has 2 fully saturated rings. The van der Waals surface area contributed by atoms with E-state index < -0.39 is 22.0 Å². The number of pyridine rings is 9. The van der Waals surface area contributed by atoms with Crippen LogP contribution >= 0.6 is 50.7 Å². The van der Waals surface area contributed by atoms with E-state index in [0.29, 0.717) is 72.3 Å². The summed E-state index contributed by atoms with van der Waals surface area (Å²) in [6, 6.07) is 43.4. The van der Waals surface area contributed by atoms with Crippen LogP contribution in [0, 0.1) is 40.9 Å². The van der Waals surface area contributed by atoms with Crippen LogP contribution in [0.2, 0.25) is 51.3 Å². The Labute approximate surface area is 700 Å². The maximum absolute atomic E-state index is 14.7. The maximum Gasteiger partial charge on any atom is 0.160 e. The SMILES string of the molecule is C.C#C[Si](CC)(CC)CC.CC[Si](C#Cc1cncc(-c2cc(-c3cc(Cl)ccc3F)nc3ncccc23)c1)(CC)CC.Fc1ccc(Cl)cc1-c1cc(-c2cncc(-c3cn(CCN4CCOCC4)nn3)c2)c2cccnc2n1.Fc1ccc(Cl)cc1-c1cc(-c2cncc(Br)c2)c2cccnc2n1.[N-]=[N+]=NCCN1CCOCC1. The summed E-state index contributed by atoms with van der Waals surface area (Å²) in [5.74, 6) is 2.23. The fourth-order valence-corrected chi connectivity index (χ4v) is 18.7. The molecule has 2 aliphatic heterocycles. The van der Waals surface area contributed by atoms with Crippen LogP contribution in [-0.2, 0) is 16.0 Å². The van der Waals surface area contributed by atoms with Gasteiger partial charge in [-0.2, -0.15) is 0 Å². The number of morpholine rings is 2. The molecule has 0 bridgehead atoms. The van der Waals surface area contributed by atoms with Crippen LogP contribution < -0.4 is 0 Å². The standard InChI is InChI=1S/C27H23ClFN7O.C27H25ClFN3Si.C19H10BrClFN3.C8H16Si.C6H12N4O.CH4/c28-20-3-4-24(29)23(13-20)25-14-22(21-2-1-5-31-27(21)32-25)18-12-19(16-30-15-18)26-17-36(34-33-26)7-6-35-8-10-37-11-9-35;1-4-33(5-2,6-3)13-11-19-14-20(18-30-17-19)23-16-26(24-15-21(28)9-10-25(24)29)32-27-22(23)8-7-12-31-27;20-12-6-11(9-23-10-12)15-8-18(16-7-13(21)3-4-17(16)22)25-19-14(15)2-1-5-24-19;1-5-9(6-2,7-3)8-4;7-9-8-1-2-10-3-5-11-6-4-10;/h1-5,12-17H,6-11H2;7-10,12,14-18H,4-6H2,1-3H3;1-10H;1H,6-8H2,2-4H3;1-6H2;1H4. The van der Waals surface area contributed by atoms with Crippen molar-refractivity contribution in [1.82, 2.24) is 69.6 Å². The second-order valence-electron chi connectivity index (χ2n) is 27.3. The molecule has 19 nitrogen and oxygen atoms in total. The first-order chi connectivity index (χ1) is 55.9. The van der Waals surface area contributed by atoms with Crippen LogP contribution in [0.5, 0.6) is 0 Å². The highest BCUT2D eigenvalue weighted by Crippen LogP contribution is 2.38. The number of nitrogens with zero attached hydrogens (tertiary/aromatic N) is 17. The molecular weight excluding hydrogens is 1630 g/mol. The number of terminal acetylenes is 1. The fourth-order valence-electron chi connectivity index (χ4n) is 13.3. The number of aromatic nitrogens is 12. The molecule has 0 spiro atoms. The van der Waals surface area contributed by atoms with Crippen molar-refractivity contribution in [1.29, 1.82) is 0 Å². The van der Waals surface area contributed by atoms with Gasteiger partial charge in [-0.25, -0.2) is 43.1 Å². The number of rotatable bonds is 19. The second kappa shape index (κ2) is 43.1. The number of ether oxygens (including phenoxy) is 2. The summed E-state index contributed by atoms with van der Waals surface area (Å²) >= 11 is 21.8. The lowest BCUT2D eigenvalue weighted by molar-refractivity contribution is 0.0359. The van der Waals surface area contributed by atoms with Crippen LogP contribution in [0.3, 0.4) is 0 Å². The molecule has 116 heavy (non-hydrogen) atoms. The topological polar surface area (TPSA) is 220 Å². The monoisotopic (exact) mass is 1710 g/mol. The zero-order valence-corrected chi connectivity index (χ0v) is 70.6. The highest BCUT2D eigenvalue weighted by atomic mass is 79.9. The predicted molar refractivity (Wildman–Crippen MR) is 472 cm³/mol.